The summed E-state index contributed by atoms with van der Waals surface area (Å²) in [6.07, 6.45) is 1.07. The van der Waals surface area contributed by atoms with Gasteiger partial charge in [0.25, 0.3) is 0 Å². The molecule has 0 fully saturated rings. The molecule has 84 valence electrons. The third-order valence-corrected chi connectivity index (χ3v) is 3.18. The van der Waals surface area contributed by atoms with E-state index in [0.29, 0.717) is 0 Å². The average Bonchev–Trinajstić information content (AvgIpc) is 2.36. The fourth-order valence-corrected chi connectivity index (χ4v) is 1.95. The summed E-state index contributed by atoms with van der Waals surface area (Å²) in [7, 11) is 0. The summed E-state index contributed by atoms with van der Waals surface area (Å²) in [5, 5.41) is 11.7. The Labute approximate surface area is 96.7 Å². The molecule has 2 aromatic carbocycles. The summed E-state index contributed by atoms with van der Waals surface area (Å²) in [5.41, 5.74) is 2.58. The molecule has 1 atom stereocenters. The van der Waals surface area contributed by atoms with Gasteiger partial charge in [-0.2, -0.15) is 0 Å². The molecule has 16 heavy (non-hydrogen) atoms. The maximum atomic E-state index is 9.14. The largest absolute Gasteiger partial charge is 0.396 e. The molecule has 0 aliphatic heterocycles. The molecule has 1 N–H and O–H groups in total. The molecule has 2 rings (SSSR count). The molecule has 1 unspecified atom stereocenters. The van der Waals surface area contributed by atoms with Crippen molar-refractivity contribution in [2.45, 2.75) is 26.2 Å². The topological polar surface area (TPSA) is 20.2 Å². The minimum atomic E-state index is 0.207. The average molecular weight is 214 g/mol. The lowest BCUT2D eigenvalue weighted by atomic mass is 9.97. The van der Waals surface area contributed by atoms with Crippen LogP contribution in [0.4, 0.5) is 0 Å². The Morgan fingerprint density at radius 2 is 1.75 bits per heavy atom. The van der Waals surface area contributed by atoms with Crippen molar-refractivity contribution in [1.82, 2.24) is 0 Å². The molecule has 0 saturated heterocycles. The van der Waals surface area contributed by atoms with E-state index in [2.05, 4.69) is 43.3 Å². The Morgan fingerprint density at radius 1 is 1.06 bits per heavy atom. The van der Waals surface area contributed by atoms with Gasteiger partial charge in [0, 0.05) is 12.5 Å². The van der Waals surface area contributed by atoms with Crippen LogP contribution in [0.3, 0.4) is 0 Å². The molecule has 0 saturated carbocycles. The van der Waals surface area contributed by atoms with Crippen LogP contribution in [0.2, 0.25) is 0 Å². The first-order valence-corrected chi connectivity index (χ1v) is 5.88. The van der Waals surface area contributed by atoms with Crippen molar-refractivity contribution in [3.8, 4) is 0 Å². The standard InChI is InChI=1S/C15H18O/c1-3-12-4-5-15-9-13(11(2)10-16)6-7-14(15)8-12/h4-9,11,16H,3,10H2,1-2H3. The highest BCUT2D eigenvalue weighted by Crippen LogP contribution is 2.22. The maximum absolute atomic E-state index is 9.14. The Morgan fingerprint density at radius 3 is 2.44 bits per heavy atom. The molecule has 0 aliphatic carbocycles. The SMILES string of the molecule is CCc1ccc2cc(C(C)CO)ccc2c1. The minimum absolute atomic E-state index is 0.207. The second-order valence-corrected chi connectivity index (χ2v) is 4.38. The number of hydrogen-bond donors (Lipinski definition) is 1. The number of aliphatic hydroxyl groups excluding tert-OH is 1. The monoisotopic (exact) mass is 214 g/mol. The summed E-state index contributed by atoms with van der Waals surface area (Å²) in [4.78, 5) is 0. The van der Waals surface area contributed by atoms with Crippen molar-refractivity contribution in [3.63, 3.8) is 0 Å². The van der Waals surface area contributed by atoms with Gasteiger partial charge in [-0.25, -0.2) is 0 Å². The fraction of sp³-hybridized carbons (Fsp3) is 0.333. The summed E-state index contributed by atoms with van der Waals surface area (Å²) in [6, 6.07) is 13.0. The number of benzene rings is 2. The van der Waals surface area contributed by atoms with E-state index in [4.69, 9.17) is 5.11 Å². The third-order valence-electron chi connectivity index (χ3n) is 3.18. The van der Waals surface area contributed by atoms with Crippen molar-refractivity contribution < 1.29 is 5.11 Å². The van der Waals surface area contributed by atoms with Crippen LogP contribution in [0, 0.1) is 0 Å². The lowest BCUT2D eigenvalue weighted by molar-refractivity contribution is 0.273. The van der Waals surface area contributed by atoms with Crippen molar-refractivity contribution >= 4 is 10.8 Å². The lowest BCUT2D eigenvalue weighted by Crippen LogP contribution is -1.98. The van der Waals surface area contributed by atoms with Crippen LogP contribution in [-0.4, -0.2) is 11.7 Å². The zero-order chi connectivity index (χ0) is 11.5. The second kappa shape index (κ2) is 4.67. The van der Waals surface area contributed by atoms with Crippen LogP contribution < -0.4 is 0 Å². The highest BCUT2D eigenvalue weighted by atomic mass is 16.3. The number of aliphatic hydroxyl groups is 1. The predicted molar refractivity (Wildman–Crippen MR) is 68.8 cm³/mol. The van der Waals surface area contributed by atoms with Crippen molar-refractivity contribution in [2.24, 2.45) is 0 Å². The highest BCUT2D eigenvalue weighted by Gasteiger charge is 2.04. The van der Waals surface area contributed by atoms with E-state index in [-0.39, 0.29) is 12.5 Å². The van der Waals surface area contributed by atoms with Gasteiger partial charge in [-0.15, -0.1) is 0 Å². The molecule has 0 aliphatic rings. The smallest absolute Gasteiger partial charge is 0.0497 e. The first-order chi connectivity index (χ1) is 7.74. The Bertz CT molecular complexity index is 488. The molecule has 1 nitrogen and oxygen atoms in total. The molecule has 0 amide bonds. The summed E-state index contributed by atoms with van der Waals surface area (Å²) in [5.74, 6) is 0.218. The van der Waals surface area contributed by atoms with Crippen molar-refractivity contribution in [1.29, 1.82) is 0 Å². The molecule has 1 heteroatoms. The molecule has 0 aromatic heterocycles. The van der Waals surface area contributed by atoms with Gasteiger partial charge >= 0.3 is 0 Å². The van der Waals surface area contributed by atoms with Crippen molar-refractivity contribution in [2.75, 3.05) is 6.61 Å². The normalized spacial score (nSPS) is 12.9. The van der Waals surface area contributed by atoms with E-state index >= 15 is 0 Å². The van der Waals surface area contributed by atoms with Gasteiger partial charge < -0.3 is 5.11 Å². The highest BCUT2D eigenvalue weighted by molar-refractivity contribution is 5.84. The quantitative estimate of drug-likeness (QED) is 0.829. The fourth-order valence-electron chi connectivity index (χ4n) is 1.95. The molecular weight excluding hydrogens is 196 g/mol. The van der Waals surface area contributed by atoms with E-state index in [0.717, 1.165) is 6.42 Å². The molecule has 2 aromatic rings. The first kappa shape index (κ1) is 11.2. The first-order valence-electron chi connectivity index (χ1n) is 5.88. The Hall–Kier alpha value is -1.34. The molecular formula is C15H18O. The molecule has 0 radical (unpaired) electrons. The van der Waals surface area contributed by atoms with Crippen LogP contribution in [0.1, 0.15) is 30.9 Å². The number of aryl methyl sites for hydroxylation is 1. The zero-order valence-corrected chi connectivity index (χ0v) is 9.90. The van der Waals surface area contributed by atoms with E-state index in [1.165, 1.54) is 21.9 Å². The maximum Gasteiger partial charge on any atom is 0.0497 e. The molecule has 0 spiro atoms. The summed E-state index contributed by atoms with van der Waals surface area (Å²) >= 11 is 0. The van der Waals surface area contributed by atoms with Crippen LogP contribution >= 0.6 is 0 Å². The van der Waals surface area contributed by atoms with Crippen LogP contribution in [0.15, 0.2) is 36.4 Å². The Balaban J connectivity index is 2.47. The van der Waals surface area contributed by atoms with Gasteiger partial charge in [-0.3, -0.25) is 0 Å². The predicted octanol–water partition coefficient (Wildman–Crippen LogP) is 3.50. The minimum Gasteiger partial charge on any atom is -0.396 e. The van der Waals surface area contributed by atoms with Gasteiger partial charge in [0.15, 0.2) is 0 Å². The van der Waals surface area contributed by atoms with E-state index < -0.39 is 0 Å². The van der Waals surface area contributed by atoms with Gasteiger partial charge in [-0.1, -0.05) is 50.2 Å². The van der Waals surface area contributed by atoms with Gasteiger partial charge in [0.2, 0.25) is 0 Å². The van der Waals surface area contributed by atoms with Crippen LogP contribution in [0.5, 0.6) is 0 Å². The van der Waals surface area contributed by atoms with Crippen molar-refractivity contribution in [3.05, 3.63) is 47.5 Å². The Kier molecular flexibility index (Phi) is 3.25. The van der Waals surface area contributed by atoms with E-state index in [1.807, 2.05) is 6.92 Å². The van der Waals surface area contributed by atoms with E-state index in [1.54, 1.807) is 0 Å². The summed E-state index contributed by atoms with van der Waals surface area (Å²) in [6.45, 7) is 4.42. The van der Waals surface area contributed by atoms with Crippen LogP contribution in [-0.2, 0) is 6.42 Å². The third kappa shape index (κ3) is 2.10. The van der Waals surface area contributed by atoms with Crippen LogP contribution in [0.25, 0.3) is 10.8 Å². The van der Waals surface area contributed by atoms with Gasteiger partial charge in [0.1, 0.15) is 0 Å². The zero-order valence-electron chi connectivity index (χ0n) is 9.90. The number of rotatable bonds is 3. The van der Waals surface area contributed by atoms with E-state index in [9.17, 15) is 0 Å². The van der Waals surface area contributed by atoms with Gasteiger partial charge in [-0.05, 0) is 28.3 Å². The lowest BCUT2D eigenvalue weighted by Gasteiger charge is -2.10. The number of hydrogen-bond acceptors (Lipinski definition) is 1. The molecule has 0 bridgehead atoms. The second-order valence-electron chi connectivity index (χ2n) is 4.38. The molecule has 0 heterocycles. The summed E-state index contributed by atoms with van der Waals surface area (Å²) < 4.78 is 0. The van der Waals surface area contributed by atoms with Gasteiger partial charge in [0.05, 0.1) is 0 Å². The number of fused-ring (bicyclic) bond motifs is 1.